The van der Waals surface area contributed by atoms with Crippen molar-refractivity contribution in [1.82, 2.24) is 0 Å². The van der Waals surface area contributed by atoms with Crippen molar-refractivity contribution in [2.75, 3.05) is 0 Å². The lowest BCUT2D eigenvalue weighted by atomic mass is 9.59. The fraction of sp³-hybridized carbons (Fsp3) is 1.00. The number of hydrogen-bond donors (Lipinski definition) is 1. The molecule has 0 aliphatic heterocycles. The summed E-state index contributed by atoms with van der Waals surface area (Å²) in [5.74, 6) is 0. The Labute approximate surface area is 146 Å². The van der Waals surface area contributed by atoms with Crippen LogP contribution in [0.25, 0.3) is 0 Å². The molecule has 0 unspecified atom stereocenters. The minimum atomic E-state index is -9.53. The molecule has 0 fully saturated rings. The molecule has 1 N–H and O–H groups in total. The normalized spacial score (nSPS) is 16.9. The SMILES string of the molecule is O=S(=O)(O)C(F)(F)C(C(F)(F)F)(C(F)(F)F)C(C(F)(F)F)(C(F)(F)F)C(F)(F)F. The van der Waals surface area contributed by atoms with Gasteiger partial charge in [0.2, 0.25) is 0 Å². The molecule has 0 aliphatic rings. The Bertz CT molecular complexity index is 664. The van der Waals surface area contributed by atoms with Gasteiger partial charge in [-0.15, -0.1) is 0 Å². The molecular formula is C8HF17O3S. The lowest BCUT2D eigenvalue weighted by molar-refractivity contribution is -0.543. The van der Waals surface area contributed by atoms with E-state index in [2.05, 4.69) is 0 Å². The van der Waals surface area contributed by atoms with Crippen LogP contribution in [0.5, 0.6) is 0 Å². The molecule has 0 saturated carbocycles. The van der Waals surface area contributed by atoms with E-state index in [-0.39, 0.29) is 0 Å². The van der Waals surface area contributed by atoms with Crippen molar-refractivity contribution in [3.8, 4) is 0 Å². The number of halogens is 17. The number of alkyl halides is 17. The predicted molar refractivity (Wildman–Crippen MR) is 51.6 cm³/mol. The van der Waals surface area contributed by atoms with Crippen molar-refractivity contribution >= 4 is 10.1 Å². The predicted octanol–water partition coefficient (Wildman–Crippen LogP) is 5.25. The zero-order valence-electron chi connectivity index (χ0n) is 12.1. The quantitative estimate of drug-likeness (QED) is 0.426. The van der Waals surface area contributed by atoms with Crippen LogP contribution < -0.4 is 0 Å². The highest BCUT2D eigenvalue weighted by molar-refractivity contribution is 7.86. The molecular weight excluding hydrogens is 499 g/mol. The maximum atomic E-state index is 13.6. The lowest BCUT2D eigenvalue weighted by Crippen LogP contribution is -2.82. The van der Waals surface area contributed by atoms with Gasteiger partial charge >= 0.3 is 46.3 Å². The van der Waals surface area contributed by atoms with Gasteiger partial charge in [-0.2, -0.15) is 83.1 Å². The molecule has 0 heterocycles. The summed E-state index contributed by atoms with van der Waals surface area (Å²) in [7, 11) is -8.66. The van der Waals surface area contributed by atoms with Crippen molar-refractivity contribution in [2.24, 2.45) is 10.8 Å². The third-order valence-corrected chi connectivity index (χ3v) is 4.40. The van der Waals surface area contributed by atoms with Gasteiger partial charge in [0.25, 0.3) is 10.8 Å². The van der Waals surface area contributed by atoms with Crippen molar-refractivity contribution in [3.63, 3.8) is 0 Å². The first-order valence-corrected chi connectivity index (χ1v) is 7.12. The molecule has 0 saturated heterocycles. The van der Waals surface area contributed by atoms with Gasteiger partial charge in [0.05, 0.1) is 0 Å². The fourth-order valence-electron chi connectivity index (χ4n) is 2.45. The highest BCUT2D eigenvalue weighted by atomic mass is 32.2. The van der Waals surface area contributed by atoms with Crippen LogP contribution in [0.3, 0.4) is 0 Å². The summed E-state index contributed by atoms with van der Waals surface area (Å²) in [6.45, 7) is 0. The van der Waals surface area contributed by atoms with Crippen LogP contribution in [0, 0.1) is 10.8 Å². The third-order valence-electron chi connectivity index (χ3n) is 3.45. The summed E-state index contributed by atoms with van der Waals surface area (Å²) in [6.07, 6.45) is -44.8. The second kappa shape index (κ2) is 6.36. The first-order chi connectivity index (χ1) is 12.0. The molecule has 0 atom stereocenters. The molecule has 176 valence electrons. The molecule has 21 heteroatoms. The summed E-state index contributed by atoms with van der Waals surface area (Å²) in [5, 5.41) is -8.81. The Kier molecular flexibility index (Phi) is 6.08. The summed E-state index contributed by atoms with van der Waals surface area (Å²) >= 11 is 0. The second-order valence-corrected chi connectivity index (χ2v) is 6.44. The number of hydrogen-bond acceptors (Lipinski definition) is 2. The van der Waals surface area contributed by atoms with Crippen LogP contribution >= 0.6 is 0 Å². The van der Waals surface area contributed by atoms with Crippen LogP contribution in [0.15, 0.2) is 0 Å². The highest BCUT2D eigenvalue weighted by Gasteiger charge is 3.07. The molecule has 0 rings (SSSR count). The van der Waals surface area contributed by atoms with Crippen LogP contribution in [0.1, 0.15) is 0 Å². The van der Waals surface area contributed by atoms with Gasteiger partial charge in [-0.05, 0) is 0 Å². The van der Waals surface area contributed by atoms with Crippen LogP contribution in [0.4, 0.5) is 74.6 Å². The largest absolute Gasteiger partial charge is 0.413 e. The molecule has 0 spiro atoms. The average Bonchev–Trinajstić information content (AvgIpc) is 2.24. The standard InChI is InChI=1S/C8HF17O3S/c9-3(10,11)1(4(12,13)14,5(15,16)17)2(6(18,19)20,7(21,22)23)8(24,25)29(26,27)28/h(H,26,27,28). The molecule has 0 radical (unpaired) electrons. The van der Waals surface area contributed by atoms with E-state index in [9.17, 15) is 83.1 Å². The molecule has 0 amide bonds. The fourth-order valence-corrected chi connectivity index (χ4v) is 3.22. The van der Waals surface area contributed by atoms with Crippen LogP contribution in [-0.2, 0) is 10.1 Å². The Morgan fingerprint density at radius 2 is 0.586 bits per heavy atom. The first-order valence-electron chi connectivity index (χ1n) is 5.68. The van der Waals surface area contributed by atoms with Gasteiger partial charge in [-0.25, -0.2) is 0 Å². The summed E-state index contributed by atoms with van der Waals surface area (Å²) in [6, 6.07) is 0. The van der Waals surface area contributed by atoms with Crippen molar-refractivity contribution < 1.29 is 87.6 Å². The second-order valence-electron chi connectivity index (χ2n) is 4.98. The zero-order valence-corrected chi connectivity index (χ0v) is 12.9. The Balaban J connectivity index is 8.70. The van der Waals surface area contributed by atoms with Gasteiger partial charge in [0.1, 0.15) is 0 Å². The topological polar surface area (TPSA) is 54.4 Å². The Morgan fingerprint density at radius 1 is 0.414 bits per heavy atom. The van der Waals surface area contributed by atoms with E-state index in [1.54, 1.807) is 0 Å². The molecule has 0 bridgehead atoms. The molecule has 29 heavy (non-hydrogen) atoms. The van der Waals surface area contributed by atoms with E-state index in [0.717, 1.165) is 0 Å². The maximum Gasteiger partial charge on any atom is 0.413 e. The van der Waals surface area contributed by atoms with Crippen LogP contribution in [-0.4, -0.2) is 49.1 Å². The van der Waals surface area contributed by atoms with Crippen LogP contribution in [0.2, 0.25) is 0 Å². The molecule has 3 nitrogen and oxygen atoms in total. The van der Waals surface area contributed by atoms with Gasteiger partial charge in [-0.3, -0.25) is 4.55 Å². The van der Waals surface area contributed by atoms with E-state index < -0.39 is 57.1 Å². The van der Waals surface area contributed by atoms with Gasteiger partial charge in [0.15, 0.2) is 0 Å². The minimum Gasteiger partial charge on any atom is -0.281 e. The maximum absolute atomic E-state index is 13.6. The van der Waals surface area contributed by atoms with Crippen molar-refractivity contribution in [3.05, 3.63) is 0 Å². The Morgan fingerprint density at radius 3 is 0.690 bits per heavy atom. The van der Waals surface area contributed by atoms with Crippen molar-refractivity contribution in [2.45, 2.75) is 36.1 Å². The van der Waals surface area contributed by atoms with E-state index in [1.165, 1.54) is 0 Å². The minimum absolute atomic E-state index is 7.89. The molecule has 0 aliphatic carbocycles. The Hall–Kier alpha value is -1.28. The summed E-state index contributed by atoms with van der Waals surface area (Å²) < 4.78 is 248. The van der Waals surface area contributed by atoms with E-state index >= 15 is 0 Å². The van der Waals surface area contributed by atoms with Gasteiger partial charge in [-0.1, -0.05) is 0 Å². The smallest absolute Gasteiger partial charge is 0.281 e. The zero-order chi connectivity index (χ0) is 24.5. The molecule has 0 aromatic heterocycles. The lowest BCUT2D eigenvalue weighted by Gasteiger charge is -2.53. The van der Waals surface area contributed by atoms with E-state index in [0.29, 0.717) is 0 Å². The monoisotopic (exact) mass is 500 g/mol. The van der Waals surface area contributed by atoms with Gasteiger partial charge in [0, 0.05) is 0 Å². The van der Waals surface area contributed by atoms with Gasteiger partial charge < -0.3 is 0 Å². The molecule has 0 aromatic carbocycles. The first kappa shape index (κ1) is 27.7. The molecule has 0 aromatic rings. The highest BCUT2D eigenvalue weighted by Crippen LogP contribution is 2.79. The summed E-state index contributed by atoms with van der Waals surface area (Å²) in [4.78, 5) is 0. The number of rotatable bonds is 3. The van der Waals surface area contributed by atoms with E-state index in [1.807, 2.05) is 0 Å². The third kappa shape index (κ3) is 3.26. The average molecular weight is 500 g/mol. The van der Waals surface area contributed by atoms with E-state index in [4.69, 9.17) is 4.55 Å². The van der Waals surface area contributed by atoms with Crippen molar-refractivity contribution in [1.29, 1.82) is 0 Å². The summed E-state index contributed by atoms with van der Waals surface area (Å²) in [5.41, 5.74) is -19.0.